The molecule has 1 heterocycles. The van der Waals surface area contributed by atoms with E-state index in [2.05, 4.69) is 50.1 Å². The molecular weight excluding hydrogens is 264 g/mol. The molecule has 1 aromatic rings. The average molecular weight is 288 g/mol. The molecule has 0 radical (unpaired) electrons. The Morgan fingerprint density at radius 1 is 1.20 bits per heavy atom. The lowest BCUT2D eigenvalue weighted by Crippen LogP contribution is -2.41. The maximum Gasteiger partial charge on any atom is 0.104 e. The molecule has 0 aliphatic carbocycles. The lowest BCUT2D eigenvalue weighted by atomic mass is 9.95. The van der Waals surface area contributed by atoms with E-state index < -0.39 is 0 Å². The third kappa shape index (κ3) is 3.19. The molecule has 1 saturated heterocycles. The van der Waals surface area contributed by atoms with E-state index in [1.807, 2.05) is 0 Å². The van der Waals surface area contributed by atoms with Crippen molar-refractivity contribution in [3.8, 4) is 6.07 Å². The van der Waals surface area contributed by atoms with E-state index in [1.165, 1.54) is 22.3 Å². The number of thioether (sulfide) groups is 1. The minimum atomic E-state index is -0.145. The predicted octanol–water partition coefficient (Wildman–Crippen LogP) is 3.83. The molecule has 0 atom stereocenters. The van der Waals surface area contributed by atoms with Gasteiger partial charge >= 0.3 is 0 Å². The molecule has 3 heteroatoms. The van der Waals surface area contributed by atoms with Crippen LogP contribution in [0.3, 0.4) is 0 Å². The fourth-order valence-corrected chi connectivity index (χ4v) is 3.80. The first-order valence-corrected chi connectivity index (χ1v) is 8.47. The van der Waals surface area contributed by atoms with Gasteiger partial charge in [0.2, 0.25) is 0 Å². The number of nitriles is 1. The van der Waals surface area contributed by atoms with Gasteiger partial charge in [0.25, 0.3) is 0 Å². The number of likely N-dealkylation sites (tertiary alicyclic amines) is 1. The van der Waals surface area contributed by atoms with Crippen LogP contribution in [-0.2, 0) is 6.54 Å². The molecule has 0 N–H and O–H groups in total. The van der Waals surface area contributed by atoms with Crippen molar-refractivity contribution in [2.24, 2.45) is 0 Å². The van der Waals surface area contributed by atoms with Gasteiger partial charge in [0, 0.05) is 19.6 Å². The highest BCUT2D eigenvalue weighted by Crippen LogP contribution is 2.34. The first kappa shape index (κ1) is 15.4. The fraction of sp³-hybridized carbons (Fsp3) is 0.588. The Bertz CT molecular complexity index is 499. The molecule has 108 valence electrons. The highest BCUT2D eigenvalue weighted by molar-refractivity contribution is 8.00. The first-order valence-electron chi connectivity index (χ1n) is 7.25. The minimum absolute atomic E-state index is 0.145. The van der Waals surface area contributed by atoms with Crippen LogP contribution in [0.15, 0.2) is 12.1 Å². The number of piperidine rings is 1. The summed E-state index contributed by atoms with van der Waals surface area (Å²) < 4.78 is -0.145. The van der Waals surface area contributed by atoms with Crippen LogP contribution in [-0.4, -0.2) is 29.0 Å². The molecule has 0 aromatic heterocycles. The van der Waals surface area contributed by atoms with Crippen molar-refractivity contribution in [2.45, 2.75) is 44.9 Å². The quantitative estimate of drug-likeness (QED) is 0.845. The largest absolute Gasteiger partial charge is 0.299 e. The SMILES string of the molecule is CSC1(C#N)CCN(Cc2c(C)cc(C)cc2C)CC1. The highest BCUT2D eigenvalue weighted by Gasteiger charge is 2.33. The molecule has 2 nitrogen and oxygen atoms in total. The predicted molar refractivity (Wildman–Crippen MR) is 87.0 cm³/mol. The van der Waals surface area contributed by atoms with E-state index in [9.17, 15) is 5.26 Å². The lowest BCUT2D eigenvalue weighted by Gasteiger charge is -2.36. The van der Waals surface area contributed by atoms with Crippen molar-refractivity contribution in [2.75, 3.05) is 19.3 Å². The van der Waals surface area contributed by atoms with Crippen molar-refractivity contribution >= 4 is 11.8 Å². The normalized spacial score (nSPS) is 18.8. The highest BCUT2D eigenvalue weighted by atomic mass is 32.2. The summed E-state index contributed by atoms with van der Waals surface area (Å²) in [6, 6.07) is 7.06. The van der Waals surface area contributed by atoms with Crippen molar-refractivity contribution in [3.63, 3.8) is 0 Å². The zero-order chi connectivity index (χ0) is 14.8. The van der Waals surface area contributed by atoms with E-state index in [0.717, 1.165) is 32.5 Å². The van der Waals surface area contributed by atoms with E-state index in [4.69, 9.17) is 0 Å². The number of nitrogens with zero attached hydrogens (tertiary/aromatic N) is 2. The Labute approximate surface area is 127 Å². The molecule has 0 bridgehead atoms. The summed E-state index contributed by atoms with van der Waals surface area (Å²) in [6.45, 7) is 9.65. The van der Waals surface area contributed by atoms with Crippen LogP contribution in [0.1, 0.15) is 35.1 Å². The van der Waals surface area contributed by atoms with Gasteiger partial charge in [-0.15, -0.1) is 11.8 Å². The third-order valence-electron chi connectivity index (χ3n) is 4.48. The summed E-state index contributed by atoms with van der Waals surface area (Å²) in [6.07, 6.45) is 4.02. The summed E-state index contributed by atoms with van der Waals surface area (Å²) in [4.78, 5) is 2.50. The lowest BCUT2D eigenvalue weighted by molar-refractivity contribution is 0.208. The van der Waals surface area contributed by atoms with Gasteiger partial charge in [-0.25, -0.2) is 0 Å². The van der Waals surface area contributed by atoms with E-state index in [1.54, 1.807) is 11.8 Å². The Kier molecular flexibility index (Phi) is 4.78. The summed E-state index contributed by atoms with van der Waals surface area (Å²) >= 11 is 1.72. The smallest absolute Gasteiger partial charge is 0.104 e. The van der Waals surface area contributed by atoms with Crippen molar-refractivity contribution in [3.05, 3.63) is 34.4 Å². The molecule has 0 amide bonds. The minimum Gasteiger partial charge on any atom is -0.299 e. The molecule has 0 unspecified atom stereocenters. The topological polar surface area (TPSA) is 27.0 Å². The molecule has 20 heavy (non-hydrogen) atoms. The van der Waals surface area contributed by atoms with Crippen molar-refractivity contribution in [1.82, 2.24) is 4.90 Å². The standard InChI is InChI=1S/C17H24N2S/c1-13-9-14(2)16(15(3)10-13)11-19-7-5-17(12-18,20-4)6-8-19/h9-10H,5-8,11H2,1-4H3. The number of aryl methyl sites for hydroxylation is 3. The zero-order valence-electron chi connectivity index (χ0n) is 13.0. The Morgan fingerprint density at radius 3 is 2.20 bits per heavy atom. The Balaban J connectivity index is 2.05. The van der Waals surface area contributed by atoms with Gasteiger partial charge in [-0.2, -0.15) is 5.26 Å². The summed E-state index contributed by atoms with van der Waals surface area (Å²) in [5.41, 5.74) is 5.59. The summed E-state index contributed by atoms with van der Waals surface area (Å²) in [7, 11) is 0. The van der Waals surface area contributed by atoms with E-state index in [-0.39, 0.29) is 4.75 Å². The second-order valence-electron chi connectivity index (χ2n) is 5.96. The maximum atomic E-state index is 9.35. The molecule has 0 saturated carbocycles. The molecule has 1 aromatic carbocycles. The van der Waals surface area contributed by atoms with Crippen LogP contribution < -0.4 is 0 Å². The van der Waals surface area contributed by atoms with Crippen LogP contribution in [0.2, 0.25) is 0 Å². The molecule has 2 rings (SSSR count). The number of hydrogen-bond acceptors (Lipinski definition) is 3. The Morgan fingerprint density at radius 2 is 1.75 bits per heavy atom. The van der Waals surface area contributed by atoms with Gasteiger partial charge in [-0.05, 0) is 56.6 Å². The Hall–Kier alpha value is -0.980. The fourth-order valence-electron chi connectivity index (χ4n) is 3.12. The second kappa shape index (κ2) is 6.20. The van der Waals surface area contributed by atoms with Crippen LogP contribution in [0.5, 0.6) is 0 Å². The molecular formula is C17H24N2S. The zero-order valence-corrected chi connectivity index (χ0v) is 13.8. The van der Waals surface area contributed by atoms with Crippen LogP contribution in [0.4, 0.5) is 0 Å². The van der Waals surface area contributed by atoms with Gasteiger partial charge in [-0.3, -0.25) is 4.90 Å². The number of hydrogen-bond donors (Lipinski definition) is 0. The summed E-state index contributed by atoms with van der Waals surface area (Å²) in [5.74, 6) is 0. The van der Waals surface area contributed by atoms with Gasteiger partial charge in [0.1, 0.15) is 4.75 Å². The molecule has 0 spiro atoms. The monoisotopic (exact) mass is 288 g/mol. The van der Waals surface area contributed by atoms with E-state index in [0.29, 0.717) is 0 Å². The average Bonchev–Trinajstić information content (AvgIpc) is 2.43. The summed E-state index contributed by atoms with van der Waals surface area (Å²) in [5, 5.41) is 9.35. The molecule has 1 aliphatic rings. The van der Waals surface area contributed by atoms with Gasteiger partial charge in [0.15, 0.2) is 0 Å². The maximum absolute atomic E-state index is 9.35. The first-order chi connectivity index (χ1) is 9.49. The van der Waals surface area contributed by atoms with Crippen molar-refractivity contribution < 1.29 is 0 Å². The van der Waals surface area contributed by atoms with Crippen LogP contribution in [0.25, 0.3) is 0 Å². The van der Waals surface area contributed by atoms with Crippen molar-refractivity contribution in [1.29, 1.82) is 5.26 Å². The molecule has 1 fully saturated rings. The third-order valence-corrected chi connectivity index (χ3v) is 5.76. The second-order valence-corrected chi connectivity index (χ2v) is 7.15. The van der Waals surface area contributed by atoms with Gasteiger partial charge < -0.3 is 0 Å². The van der Waals surface area contributed by atoms with Crippen LogP contribution in [0, 0.1) is 32.1 Å². The van der Waals surface area contributed by atoms with Gasteiger partial charge in [-0.1, -0.05) is 17.7 Å². The molecule has 1 aliphatic heterocycles. The number of benzene rings is 1. The van der Waals surface area contributed by atoms with E-state index >= 15 is 0 Å². The number of rotatable bonds is 3. The van der Waals surface area contributed by atoms with Crippen LogP contribution >= 0.6 is 11.8 Å². The van der Waals surface area contributed by atoms with Gasteiger partial charge in [0.05, 0.1) is 6.07 Å².